The number of hydrogen-bond acceptors (Lipinski definition) is 0. The monoisotopic (exact) mass is 166 g/mol. The molecule has 0 bridgehead atoms. The second kappa shape index (κ2) is 1.78. The van der Waals surface area contributed by atoms with Crippen molar-refractivity contribution in [3.05, 3.63) is 4.83 Å². The van der Waals surface area contributed by atoms with Gasteiger partial charge in [0.1, 0.15) is 0 Å². The molecule has 0 aliphatic heterocycles. The van der Waals surface area contributed by atoms with E-state index in [0.29, 0.717) is 0 Å². The molecule has 0 radical (unpaired) electrons. The van der Waals surface area contributed by atoms with Crippen LogP contribution in [-0.2, 0) is 0 Å². The van der Waals surface area contributed by atoms with Gasteiger partial charge in [0.15, 0.2) is 0 Å². The summed E-state index contributed by atoms with van der Waals surface area (Å²) in [5.41, 5.74) is 0.750. The first-order valence-electron chi connectivity index (χ1n) is 2.80. The Labute approximate surface area is 70.7 Å². The molecule has 0 aromatic carbocycles. The van der Waals surface area contributed by atoms with Crippen LogP contribution in [0, 0.1) is 16.2 Å². The van der Waals surface area contributed by atoms with Crippen LogP contribution in [0.15, 0.2) is 0 Å². The van der Waals surface area contributed by atoms with E-state index < -0.39 is 0 Å². The Morgan fingerprint density at radius 1 is 1.62 bits per heavy atom. The van der Waals surface area contributed by atoms with Crippen LogP contribution in [0.4, 0.5) is 0 Å². The van der Waals surface area contributed by atoms with E-state index in [1.807, 2.05) is 0 Å². The Bertz CT molecular complexity index is 99.1. The minimum Gasteiger partial charge on any atom is -0.316 e. The third-order valence-corrected chi connectivity index (χ3v) is 3.87. The van der Waals surface area contributed by atoms with Gasteiger partial charge in [0.2, 0.25) is 0 Å². The topological polar surface area (TPSA) is 0 Å². The van der Waals surface area contributed by atoms with Crippen molar-refractivity contribution in [1.29, 1.82) is 0 Å². The van der Waals surface area contributed by atoms with Crippen LogP contribution in [0.25, 0.3) is 0 Å². The zero-order chi connectivity index (χ0) is 5.07. The molecule has 2 fully saturated rings. The van der Waals surface area contributed by atoms with Crippen molar-refractivity contribution in [2.75, 3.05) is 0 Å². The van der Waals surface area contributed by atoms with Crippen molar-refractivity contribution in [2.24, 2.45) is 11.3 Å². The molecule has 0 N–H and O–H groups in total. The molecule has 0 heterocycles. The summed E-state index contributed by atoms with van der Waals surface area (Å²) in [4.78, 5) is 1.58. The first-order chi connectivity index (χ1) is 3.27. The van der Waals surface area contributed by atoms with Gasteiger partial charge in [-0.05, 0) is 0 Å². The van der Waals surface area contributed by atoms with Gasteiger partial charge in [0.05, 0.1) is 0 Å². The summed E-state index contributed by atoms with van der Waals surface area (Å²) < 4.78 is 0. The maximum absolute atomic E-state index is 3.55. The SMILES string of the molecule is CC1[C-](Br)C12CC2.[Li+]. The van der Waals surface area contributed by atoms with E-state index in [0.717, 1.165) is 11.3 Å². The minimum absolute atomic E-state index is 0. The van der Waals surface area contributed by atoms with Gasteiger partial charge in [-0.2, -0.15) is 11.3 Å². The normalized spacial score (nSPS) is 39.0. The van der Waals surface area contributed by atoms with E-state index in [1.54, 1.807) is 4.83 Å². The first-order valence-corrected chi connectivity index (χ1v) is 3.59. The zero-order valence-corrected chi connectivity index (χ0v) is 6.96. The van der Waals surface area contributed by atoms with Crippen molar-refractivity contribution in [2.45, 2.75) is 19.8 Å². The maximum Gasteiger partial charge on any atom is 1.00 e. The number of rotatable bonds is 0. The molecule has 2 heteroatoms. The molecule has 2 rings (SSSR count). The summed E-state index contributed by atoms with van der Waals surface area (Å²) >= 11 is 3.55. The third-order valence-electron chi connectivity index (χ3n) is 2.39. The van der Waals surface area contributed by atoms with E-state index in [-0.39, 0.29) is 18.9 Å². The van der Waals surface area contributed by atoms with Gasteiger partial charge in [-0.3, -0.25) is 0 Å². The average Bonchev–Trinajstić information content (AvgIpc) is 2.47. The molecule has 0 saturated heterocycles. The molecule has 0 nitrogen and oxygen atoms in total. The molecule has 0 aromatic heterocycles. The molecule has 2 saturated carbocycles. The maximum atomic E-state index is 3.55. The van der Waals surface area contributed by atoms with Gasteiger partial charge in [-0.25, -0.2) is 4.83 Å². The van der Waals surface area contributed by atoms with Gasteiger partial charge in [0.25, 0.3) is 0 Å². The molecule has 2 aliphatic rings. The van der Waals surface area contributed by atoms with Crippen LogP contribution < -0.4 is 18.9 Å². The first kappa shape index (κ1) is 7.19. The van der Waals surface area contributed by atoms with Crippen LogP contribution in [0.2, 0.25) is 0 Å². The Balaban J connectivity index is 0.000000320. The van der Waals surface area contributed by atoms with Crippen molar-refractivity contribution >= 4 is 15.9 Å². The van der Waals surface area contributed by atoms with Gasteiger partial charge < -0.3 is 15.9 Å². The van der Waals surface area contributed by atoms with E-state index >= 15 is 0 Å². The van der Waals surface area contributed by atoms with E-state index in [1.165, 1.54) is 12.8 Å². The molecule has 1 unspecified atom stereocenters. The van der Waals surface area contributed by atoms with Gasteiger partial charge in [-0.1, -0.05) is 19.8 Å². The molecule has 0 aromatic rings. The molecule has 0 amide bonds. The second-order valence-corrected chi connectivity index (χ2v) is 3.58. The van der Waals surface area contributed by atoms with Crippen LogP contribution in [0.1, 0.15) is 19.8 Å². The fraction of sp³-hybridized carbons (Fsp3) is 0.833. The van der Waals surface area contributed by atoms with Crippen molar-refractivity contribution in [3.63, 3.8) is 0 Å². The molecule has 1 atom stereocenters. The van der Waals surface area contributed by atoms with Crippen molar-refractivity contribution < 1.29 is 18.9 Å². The third kappa shape index (κ3) is 0.648. The molecular formula is C6H8BrLi. The van der Waals surface area contributed by atoms with Gasteiger partial charge in [-0.15, -0.1) is 0 Å². The Morgan fingerprint density at radius 3 is 2.00 bits per heavy atom. The zero-order valence-electron chi connectivity index (χ0n) is 5.37. The molecule has 8 heavy (non-hydrogen) atoms. The molecule has 2 aliphatic carbocycles. The standard InChI is InChI=1S/C6H8Br.Li/c1-4-5(7)6(4)2-3-6;/h4H,2-3H2,1H3;/q-1;+1. The average molecular weight is 167 g/mol. The van der Waals surface area contributed by atoms with E-state index in [9.17, 15) is 0 Å². The van der Waals surface area contributed by atoms with Crippen LogP contribution >= 0.6 is 15.9 Å². The fourth-order valence-corrected chi connectivity index (χ4v) is 2.42. The minimum atomic E-state index is 0. The summed E-state index contributed by atoms with van der Waals surface area (Å²) in [5, 5.41) is 0. The smallest absolute Gasteiger partial charge is 0.316 e. The largest absolute Gasteiger partial charge is 1.00 e. The predicted octanol–water partition coefficient (Wildman–Crippen LogP) is -0.653. The summed E-state index contributed by atoms with van der Waals surface area (Å²) in [6.45, 7) is 2.30. The van der Waals surface area contributed by atoms with Gasteiger partial charge >= 0.3 is 18.9 Å². The fourth-order valence-electron chi connectivity index (χ4n) is 1.36. The van der Waals surface area contributed by atoms with Crippen molar-refractivity contribution in [1.82, 2.24) is 0 Å². The molecular weight excluding hydrogens is 159 g/mol. The van der Waals surface area contributed by atoms with Crippen LogP contribution in [0.3, 0.4) is 0 Å². The summed E-state index contributed by atoms with van der Waals surface area (Å²) in [7, 11) is 0. The van der Waals surface area contributed by atoms with Crippen LogP contribution in [-0.4, -0.2) is 0 Å². The van der Waals surface area contributed by atoms with E-state index in [4.69, 9.17) is 0 Å². The van der Waals surface area contributed by atoms with E-state index in [2.05, 4.69) is 22.9 Å². The number of hydrogen-bond donors (Lipinski definition) is 0. The Morgan fingerprint density at radius 2 is 2.00 bits per heavy atom. The quantitative estimate of drug-likeness (QED) is 0.332. The summed E-state index contributed by atoms with van der Waals surface area (Å²) in [6.07, 6.45) is 2.91. The van der Waals surface area contributed by atoms with Crippen LogP contribution in [0.5, 0.6) is 0 Å². The summed E-state index contributed by atoms with van der Waals surface area (Å²) in [6, 6.07) is 0. The predicted molar refractivity (Wildman–Crippen MR) is 33.0 cm³/mol. The molecule has 40 valence electrons. The number of halogens is 1. The summed E-state index contributed by atoms with van der Waals surface area (Å²) in [5.74, 6) is 0.910. The van der Waals surface area contributed by atoms with Crippen molar-refractivity contribution in [3.8, 4) is 0 Å². The molecule has 1 spiro atoms. The second-order valence-electron chi connectivity index (χ2n) is 2.73. The Hall–Kier alpha value is 1.08. The Kier molecular flexibility index (Phi) is 1.60. The van der Waals surface area contributed by atoms with Gasteiger partial charge in [0, 0.05) is 0 Å².